The third kappa shape index (κ3) is 29.2. The van der Waals surface area contributed by atoms with Crippen LogP contribution >= 0.6 is 0 Å². The van der Waals surface area contributed by atoms with Crippen LogP contribution in [0, 0.1) is 5.92 Å². The SMILES string of the molecule is CC(C)C(=O)[C@@H](N)CCCCNC(=O)[C@@H](N)CCCCNC(=O)CC[C@H](NC(=O)CCCCCCCCCCCCCCCCC(=O)O)C(=O)O. The van der Waals surface area contributed by atoms with Crippen LogP contribution in [0.4, 0.5) is 0 Å². The van der Waals surface area contributed by atoms with Gasteiger partial charge in [-0.2, -0.15) is 0 Å². The highest BCUT2D eigenvalue weighted by Crippen LogP contribution is 2.14. The van der Waals surface area contributed by atoms with Gasteiger partial charge in [-0.05, 0) is 57.8 Å². The zero-order valence-electron chi connectivity index (χ0n) is 31.7. The average molecular weight is 726 g/mol. The number of ketones is 1. The van der Waals surface area contributed by atoms with Gasteiger partial charge in [0.1, 0.15) is 6.04 Å². The third-order valence-electron chi connectivity index (χ3n) is 9.11. The molecule has 0 fully saturated rings. The fourth-order valence-electron chi connectivity index (χ4n) is 5.82. The Morgan fingerprint density at radius 3 is 1.43 bits per heavy atom. The lowest BCUT2D eigenvalue weighted by molar-refractivity contribution is -0.142. The Balaban J connectivity index is 3.84. The van der Waals surface area contributed by atoms with Gasteiger partial charge < -0.3 is 37.6 Å². The maximum absolute atomic E-state index is 12.3. The molecule has 0 saturated heterocycles. The van der Waals surface area contributed by atoms with E-state index in [1.165, 1.54) is 44.9 Å². The van der Waals surface area contributed by atoms with E-state index < -0.39 is 30.1 Å². The molecule has 13 nitrogen and oxygen atoms in total. The summed E-state index contributed by atoms with van der Waals surface area (Å²) in [5, 5.41) is 26.3. The summed E-state index contributed by atoms with van der Waals surface area (Å²) in [6.07, 6.45) is 19.5. The van der Waals surface area contributed by atoms with Gasteiger partial charge in [0.25, 0.3) is 0 Å². The van der Waals surface area contributed by atoms with Crippen molar-refractivity contribution in [1.82, 2.24) is 16.0 Å². The molecule has 51 heavy (non-hydrogen) atoms. The van der Waals surface area contributed by atoms with Gasteiger partial charge in [-0.25, -0.2) is 4.79 Å². The molecule has 0 aliphatic heterocycles. The molecule has 0 aromatic carbocycles. The van der Waals surface area contributed by atoms with Crippen molar-refractivity contribution in [2.24, 2.45) is 17.4 Å². The number of hydrogen-bond acceptors (Lipinski definition) is 8. The second kappa shape index (κ2) is 31.7. The molecule has 0 saturated carbocycles. The molecular weight excluding hydrogens is 654 g/mol. The number of carbonyl (C=O) groups is 6. The smallest absolute Gasteiger partial charge is 0.326 e. The molecule has 0 unspecified atom stereocenters. The zero-order chi connectivity index (χ0) is 38.3. The Hall–Kier alpha value is -3.06. The molecule has 13 heteroatoms. The molecule has 0 heterocycles. The predicted molar refractivity (Wildman–Crippen MR) is 200 cm³/mol. The van der Waals surface area contributed by atoms with Gasteiger partial charge in [-0.3, -0.25) is 24.0 Å². The number of unbranched alkanes of at least 4 members (excludes halogenated alkanes) is 15. The Labute approximate surface area is 306 Å². The second-order valence-electron chi connectivity index (χ2n) is 14.2. The van der Waals surface area contributed by atoms with Crippen molar-refractivity contribution < 1.29 is 39.0 Å². The number of carboxylic acids is 2. The van der Waals surface area contributed by atoms with Crippen LogP contribution in [0.3, 0.4) is 0 Å². The molecule has 0 aliphatic carbocycles. The number of Topliss-reactive ketones (excluding diaryl/α,β-unsaturated/α-hetero) is 1. The summed E-state index contributed by atoms with van der Waals surface area (Å²) in [5.41, 5.74) is 11.9. The van der Waals surface area contributed by atoms with E-state index in [1.54, 1.807) is 0 Å². The van der Waals surface area contributed by atoms with Gasteiger partial charge in [0, 0.05) is 38.3 Å². The lowest BCUT2D eigenvalue weighted by Crippen LogP contribution is -2.41. The van der Waals surface area contributed by atoms with Gasteiger partial charge in [-0.1, -0.05) is 90.9 Å². The van der Waals surface area contributed by atoms with Crippen LogP contribution in [-0.2, 0) is 28.8 Å². The Morgan fingerprint density at radius 1 is 0.510 bits per heavy atom. The van der Waals surface area contributed by atoms with Crippen LogP contribution in [0.5, 0.6) is 0 Å². The van der Waals surface area contributed by atoms with Gasteiger partial charge in [-0.15, -0.1) is 0 Å². The number of aliphatic carboxylic acids is 2. The molecule has 0 spiro atoms. The summed E-state index contributed by atoms with van der Waals surface area (Å²) in [7, 11) is 0. The summed E-state index contributed by atoms with van der Waals surface area (Å²) in [6.45, 7) is 4.50. The molecule has 0 rings (SSSR count). The lowest BCUT2D eigenvalue weighted by atomic mass is 9.98. The highest BCUT2D eigenvalue weighted by molar-refractivity contribution is 5.85. The van der Waals surface area contributed by atoms with Crippen molar-refractivity contribution in [1.29, 1.82) is 0 Å². The van der Waals surface area contributed by atoms with Gasteiger partial charge in [0.15, 0.2) is 5.78 Å². The number of amides is 3. The molecule has 3 amide bonds. The maximum Gasteiger partial charge on any atom is 0.326 e. The molecule has 0 bridgehead atoms. The average Bonchev–Trinajstić information content (AvgIpc) is 3.08. The van der Waals surface area contributed by atoms with Crippen molar-refractivity contribution in [3.8, 4) is 0 Å². The fourth-order valence-corrected chi connectivity index (χ4v) is 5.82. The normalized spacial score (nSPS) is 13.0. The van der Waals surface area contributed by atoms with Gasteiger partial charge in [0.2, 0.25) is 17.7 Å². The highest BCUT2D eigenvalue weighted by Gasteiger charge is 2.21. The first-order chi connectivity index (χ1) is 24.3. The van der Waals surface area contributed by atoms with Gasteiger partial charge >= 0.3 is 11.9 Å². The first-order valence-electron chi connectivity index (χ1n) is 19.7. The monoisotopic (exact) mass is 726 g/mol. The van der Waals surface area contributed by atoms with Crippen LogP contribution in [0.25, 0.3) is 0 Å². The molecule has 0 radical (unpaired) electrons. The molecule has 0 aromatic rings. The summed E-state index contributed by atoms with van der Waals surface area (Å²) < 4.78 is 0. The van der Waals surface area contributed by atoms with E-state index in [4.69, 9.17) is 16.6 Å². The predicted octanol–water partition coefficient (Wildman–Crippen LogP) is 5.11. The Kier molecular flexibility index (Phi) is 29.8. The molecule has 296 valence electrons. The fraction of sp³-hybridized carbons (Fsp3) is 0.842. The summed E-state index contributed by atoms with van der Waals surface area (Å²) in [6, 6.07) is -2.24. The second-order valence-corrected chi connectivity index (χ2v) is 14.2. The van der Waals surface area contributed by atoms with Crippen LogP contribution < -0.4 is 27.4 Å². The number of carbonyl (C=O) groups excluding carboxylic acids is 4. The Bertz CT molecular complexity index is 993. The van der Waals surface area contributed by atoms with Crippen LogP contribution in [0.1, 0.15) is 168 Å². The zero-order valence-corrected chi connectivity index (χ0v) is 31.7. The minimum atomic E-state index is -1.16. The number of rotatable bonds is 35. The first kappa shape index (κ1) is 47.9. The summed E-state index contributed by atoms with van der Waals surface area (Å²) in [5.74, 6) is -2.76. The van der Waals surface area contributed by atoms with Crippen molar-refractivity contribution in [3.05, 3.63) is 0 Å². The topological polar surface area (TPSA) is 231 Å². The summed E-state index contributed by atoms with van der Waals surface area (Å²) in [4.78, 5) is 70.7. The number of nitrogens with one attached hydrogen (secondary N) is 3. The number of hydrogen-bond donors (Lipinski definition) is 7. The third-order valence-corrected chi connectivity index (χ3v) is 9.11. The van der Waals surface area contributed by atoms with Crippen LogP contribution in [0.15, 0.2) is 0 Å². The van der Waals surface area contributed by atoms with Crippen molar-refractivity contribution in [2.45, 2.75) is 186 Å². The number of carboxylic acid groups (broad SMARTS) is 2. The quantitative estimate of drug-likeness (QED) is 0.0427. The van der Waals surface area contributed by atoms with Crippen LogP contribution in [-0.4, -0.2) is 76.9 Å². The van der Waals surface area contributed by atoms with Crippen molar-refractivity contribution in [3.63, 3.8) is 0 Å². The highest BCUT2D eigenvalue weighted by atomic mass is 16.4. The molecular formula is C38H71N5O8. The minimum Gasteiger partial charge on any atom is -0.481 e. The molecule has 9 N–H and O–H groups in total. The largest absolute Gasteiger partial charge is 0.481 e. The van der Waals surface area contributed by atoms with Crippen molar-refractivity contribution in [2.75, 3.05) is 13.1 Å². The van der Waals surface area contributed by atoms with E-state index >= 15 is 0 Å². The minimum absolute atomic E-state index is 0.00468. The van der Waals surface area contributed by atoms with E-state index in [0.717, 1.165) is 44.9 Å². The lowest BCUT2D eigenvalue weighted by Gasteiger charge is -2.15. The van der Waals surface area contributed by atoms with Crippen molar-refractivity contribution >= 4 is 35.4 Å². The summed E-state index contributed by atoms with van der Waals surface area (Å²) >= 11 is 0. The maximum atomic E-state index is 12.3. The van der Waals surface area contributed by atoms with E-state index in [2.05, 4.69) is 16.0 Å². The molecule has 0 aliphatic rings. The first-order valence-corrected chi connectivity index (χ1v) is 19.7. The molecule has 0 aromatic heterocycles. The number of nitrogens with two attached hydrogens (primary N) is 2. The van der Waals surface area contributed by atoms with E-state index in [9.17, 15) is 33.9 Å². The van der Waals surface area contributed by atoms with E-state index in [-0.39, 0.29) is 55.1 Å². The molecule has 3 atom stereocenters. The van der Waals surface area contributed by atoms with Crippen LogP contribution in [0.2, 0.25) is 0 Å². The Morgan fingerprint density at radius 2 is 0.961 bits per heavy atom. The van der Waals surface area contributed by atoms with E-state index in [1.807, 2.05) is 13.8 Å². The van der Waals surface area contributed by atoms with E-state index in [0.29, 0.717) is 51.6 Å². The standard InChI is InChI=1S/C38H71N5O8/c1-29(2)36(48)30(39)21-17-20-28-42-37(49)31(40)22-18-19-27-41-33(44)26-25-32(38(50)51)43-34(45)23-15-13-11-9-7-5-3-4-6-8-10-12-14-16-24-35(46)47/h29-32H,3-28,39-40H2,1-2H3,(H,41,44)(H,42,49)(H,43,45)(H,46,47)(H,50,51)/t30-,31-,32-/m0/s1. The van der Waals surface area contributed by atoms with Gasteiger partial charge in [0.05, 0.1) is 12.1 Å².